The number of pyridine rings is 1. The van der Waals surface area contributed by atoms with Crippen molar-refractivity contribution in [3.05, 3.63) is 53.3 Å². The van der Waals surface area contributed by atoms with Crippen LogP contribution in [0, 0.1) is 0 Å². The minimum atomic E-state index is -0.648. The molecule has 22 heavy (non-hydrogen) atoms. The van der Waals surface area contributed by atoms with E-state index in [2.05, 4.69) is 10.3 Å². The summed E-state index contributed by atoms with van der Waals surface area (Å²) in [5, 5.41) is 2.66. The van der Waals surface area contributed by atoms with Crippen LogP contribution in [0.3, 0.4) is 0 Å². The number of hydrogen-bond acceptors (Lipinski definition) is 5. The molecule has 0 radical (unpaired) electrons. The lowest BCUT2D eigenvalue weighted by Gasteiger charge is -2.09. The molecule has 1 aromatic carbocycles. The topological polar surface area (TPSA) is 77.5 Å². The summed E-state index contributed by atoms with van der Waals surface area (Å²) in [5.41, 5.74) is 0.597. The molecule has 0 aliphatic carbocycles. The van der Waals surface area contributed by atoms with Gasteiger partial charge in [0.2, 0.25) is 0 Å². The molecule has 0 atom stereocenters. The highest BCUT2D eigenvalue weighted by Gasteiger charge is 2.15. The van der Waals surface area contributed by atoms with Crippen LogP contribution in [0.25, 0.3) is 0 Å². The zero-order valence-corrected chi connectivity index (χ0v) is 12.5. The van der Waals surface area contributed by atoms with E-state index in [0.717, 1.165) is 0 Å². The molecule has 0 spiro atoms. The van der Waals surface area contributed by atoms with E-state index in [4.69, 9.17) is 21.1 Å². The van der Waals surface area contributed by atoms with Crippen LogP contribution in [-0.2, 0) is 9.53 Å². The third-order valence-corrected chi connectivity index (χ3v) is 3.00. The summed E-state index contributed by atoms with van der Waals surface area (Å²) in [5.74, 6) is -0.786. The van der Waals surface area contributed by atoms with E-state index < -0.39 is 18.5 Å². The minimum absolute atomic E-state index is 0.159. The zero-order chi connectivity index (χ0) is 15.9. The molecule has 0 aliphatic heterocycles. The van der Waals surface area contributed by atoms with Crippen LogP contribution in [0.1, 0.15) is 10.4 Å². The Labute approximate surface area is 132 Å². The summed E-state index contributed by atoms with van der Waals surface area (Å²) >= 11 is 5.82. The molecule has 6 nitrogen and oxygen atoms in total. The highest BCUT2D eigenvalue weighted by atomic mass is 35.5. The van der Waals surface area contributed by atoms with E-state index in [9.17, 15) is 9.59 Å². The number of esters is 1. The third kappa shape index (κ3) is 3.95. The standard InChI is InChI=1S/C15H13ClN2O4/c1-21-12-7-3-2-5-10(12)15(20)22-9-13(19)18-11-6-4-8-17-14(11)16/h2-8H,9H2,1H3,(H,18,19). The van der Waals surface area contributed by atoms with E-state index >= 15 is 0 Å². The molecule has 0 saturated carbocycles. The maximum absolute atomic E-state index is 11.9. The van der Waals surface area contributed by atoms with Crippen molar-refractivity contribution >= 4 is 29.2 Å². The van der Waals surface area contributed by atoms with E-state index in [1.165, 1.54) is 13.3 Å². The number of rotatable bonds is 5. The largest absolute Gasteiger partial charge is 0.496 e. The number of aromatic nitrogens is 1. The van der Waals surface area contributed by atoms with Crippen molar-refractivity contribution in [3.63, 3.8) is 0 Å². The summed E-state index contributed by atoms with van der Waals surface area (Å²) in [4.78, 5) is 27.5. The van der Waals surface area contributed by atoms with Gasteiger partial charge in [-0.2, -0.15) is 0 Å². The quantitative estimate of drug-likeness (QED) is 0.676. The van der Waals surface area contributed by atoms with E-state index in [0.29, 0.717) is 11.4 Å². The molecule has 0 aliphatic rings. The number of methoxy groups -OCH3 is 1. The third-order valence-electron chi connectivity index (χ3n) is 2.69. The van der Waals surface area contributed by atoms with Crippen LogP contribution in [-0.4, -0.2) is 30.6 Å². The second-order valence-electron chi connectivity index (χ2n) is 4.17. The number of amides is 1. The minimum Gasteiger partial charge on any atom is -0.496 e. The Balaban J connectivity index is 1.94. The fourth-order valence-corrected chi connectivity index (χ4v) is 1.85. The van der Waals surface area contributed by atoms with Crippen molar-refractivity contribution in [3.8, 4) is 5.75 Å². The van der Waals surface area contributed by atoms with Gasteiger partial charge in [-0.25, -0.2) is 9.78 Å². The molecule has 2 rings (SSSR count). The van der Waals surface area contributed by atoms with Gasteiger partial charge in [0.1, 0.15) is 11.3 Å². The lowest BCUT2D eigenvalue weighted by Crippen LogP contribution is -2.21. The van der Waals surface area contributed by atoms with Crippen LogP contribution in [0.4, 0.5) is 5.69 Å². The smallest absolute Gasteiger partial charge is 0.342 e. The van der Waals surface area contributed by atoms with Crippen LogP contribution < -0.4 is 10.1 Å². The monoisotopic (exact) mass is 320 g/mol. The van der Waals surface area contributed by atoms with Crippen molar-refractivity contribution in [1.29, 1.82) is 0 Å². The Morgan fingerprint density at radius 1 is 1.23 bits per heavy atom. The van der Waals surface area contributed by atoms with E-state index in [1.807, 2.05) is 0 Å². The first-order valence-corrected chi connectivity index (χ1v) is 6.70. The number of hydrogen-bond donors (Lipinski definition) is 1. The first kappa shape index (κ1) is 15.8. The molecule has 1 amide bonds. The molecule has 0 unspecified atom stereocenters. The Morgan fingerprint density at radius 3 is 2.73 bits per heavy atom. The van der Waals surface area contributed by atoms with E-state index in [1.54, 1.807) is 36.4 Å². The van der Waals surface area contributed by atoms with Gasteiger partial charge in [0.05, 0.1) is 12.8 Å². The summed E-state index contributed by atoms with van der Waals surface area (Å²) in [7, 11) is 1.45. The second-order valence-corrected chi connectivity index (χ2v) is 4.52. The number of para-hydroxylation sites is 1. The molecule has 114 valence electrons. The van der Waals surface area contributed by atoms with Gasteiger partial charge in [-0.05, 0) is 24.3 Å². The van der Waals surface area contributed by atoms with Gasteiger partial charge in [0, 0.05) is 6.20 Å². The normalized spacial score (nSPS) is 9.91. The Hall–Kier alpha value is -2.60. The van der Waals surface area contributed by atoms with Gasteiger partial charge < -0.3 is 14.8 Å². The van der Waals surface area contributed by atoms with Gasteiger partial charge in [-0.1, -0.05) is 23.7 Å². The lowest BCUT2D eigenvalue weighted by molar-refractivity contribution is -0.119. The number of nitrogens with zero attached hydrogens (tertiary/aromatic N) is 1. The second kappa shape index (κ2) is 7.42. The fraction of sp³-hybridized carbons (Fsp3) is 0.133. The van der Waals surface area contributed by atoms with Crippen LogP contribution in [0.2, 0.25) is 5.15 Å². The number of benzene rings is 1. The summed E-state index contributed by atoms with van der Waals surface area (Å²) in [6.07, 6.45) is 1.50. The average Bonchev–Trinajstić information content (AvgIpc) is 2.54. The number of ether oxygens (including phenoxy) is 2. The summed E-state index contributed by atoms with van der Waals surface area (Å²) in [6, 6.07) is 9.81. The first-order chi connectivity index (χ1) is 10.6. The number of nitrogens with one attached hydrogen (secondary N) is 1. The predicted molar refractivity (Wildman–Crippen MR) is 81.2 cm³/mol. The fourth-order valence-electron chi connectivity index (χ4n) is 1.69. The van der Waals surface area contributed by atoms with Crippen LogP contribution in [0.5, 0.6) is 5.75 Å². The first-order valence-electron chi connectivity index (χ1n) is 6.32. The maximum Gasteiger partial charge on any atom is 0.342 e. The molecule has 1 aromatic heterocycles. The van der Waals surface area contributed by atoms with Gasteiger partial charge >= 0.3 is 5.97 Å². The average molecular weight is 321 g/mol. The van der Waals surface area contributed by atoms with Crippen molar-refractivity contribution in [2.75, 3.05) is 19.0 Å². The number of carbonyl (C=O) groups excluding carboxylic acids is 2. The Morgan fingerprint density at radius 2 is 2.00 bits per heavy atom. The van der Waals surface area contributed by atoms with Gasteiger partial charge in [0.15, 0.2) is 11.8 Å². The number of halogens is 1. The highest BCUT2D eigenvalue weighted by Crippen LogP contribution is 2.19. The summed E-state index contributed by atoms with van der Waals surface area (Å²) < 4.78 is 10.0. The summed E-state index contributed by atoms with van der Waals surface area (Å²) in [6.45, 7) is -0.442. The zero-order valence-electron chi connectivity index (χ0n) is 11.7. The molecule has 0 fully saturated rings. The number of anilines is 1. The molecule has 1 heterocycles. The van der Waals surface area contributed by atoms with E-state index in [-0.39, 0.29) is 10.7 Å². The Kier molecular flexibility index (Phi) is 5.32. The molecular formula is C15H13ClN2O4. The van der Waals surface area contributed by atoms with Gasteiger partial charge in [-0.15, -0.1) is 0 Å². The van der Waals surface area contributed by atoms with Crippen molar-refractivity contribution in [2.45, 2.75) is 0 Å². The molecule has 0 bridgehead atoms. The van der Waals surface area contributed by atoms with Gasteiger partial charge in [-0.3, -0.25) is 4.79 Å². The Bertz CT molecular complexity index is 691. The van der Waals surface area contributed by atoms with Gasteiger partial charge in [0.25, 0.3) is 5.91 Å². The molecule has 1 N–H and O–H groups in total. The van der Waals surface area contributed by atoms with Crippen molar-refractivity contribution in [1.82, 2.24) is 4.98 Å². The maximum atomic E-state index is 11.9. The predicted octanol–water partition coefficient (Wildman–Crippen LogP) is 2.54. The molecule has 7 heteroatoms. The van der Waals surface area contributed by atoms with Crippen molar-refractivity contribution in [2.24, 2.45) is 0 Å². The van der Waals surface area contributed by atoms with Crippen LogP contribution >= 0.6 is 11.6 Å². The number of carbonyl (C=O) groups is 2. The molecular weight excluding hydrogens is 308 g/mol. The van der Waals surface area contributed by atoms with Crippen molar-refractivity contribution < 1.29 is 19.1 Å². The molecule has 2 aromatic rings. The highest BCUT2D eigenvalue weighted by molar-refractivity contribution is 6.32. The lowest BCUT2D eigenvalue weighted by atomic mass is 10.2. The SMILES string of the molecule is COc1ccccc1C(=O)OCC(=O)Nc1cccnc1Cl. The molecule has 0 saturated heterocycles. The van der Waals surface area contributed by atoms with Crippen LogP contribution in [0.15, 0.2) is 42.6 Å².